The Morgan fingerprint density at radius 3 is 2.27 bits per heavy atom. The van der Waals surface area contributed by atoms with Gasteiger partial charge in [0.05, 0.1) is 6.10 Å². The normalized spacial score (nSPS) is 32.6. The first-order valence-electron chi connectivity index (χ1n) is 5.99. The zero-order valence-electron chi connectivity index (χ0n) is 11.3. The lowest BCUT2D eigenvalue weighted by Gasteiger charge is -2.41. The van der Waals surface area contributed by atoms with E-state index >= 15 is 0 Å². The summed E-state index contributed by atoms with van der Waals surface area (Å²) in [5, 5.41) is 0. The quantitative estimate of drug-likeness (QED) is 0.714. The molecule has 2 unspecified atom stereocenters. The molecule has 2 atom stereocenters. The van der Waals surface area contributed by atoms with Crippen molar-refractivity contribution >= 4 is 0 Å². The summed E-state index contributed by atoms with van der Waals surface area (Å²) >= 11 is 0. The third-order valence-corrected chi connectivity index (χ3v) is 3.68. The van der Waals surface area contributed by atoms with Crippen molar-refractivity contribution in [2.45, 2.75) is 58.1 Å². The van der Waals surface area contributed by atoms with Crippen LogP contribution in [0.25, 0.3) is 0 Å². The van der Waals surface area contributed by atoms with Gasteiger partial charge in [0.25, 0.3) is 0 Å². The Kier molecular flexibility index (Phi) is 3.83. The predicted octanol–water partition coefficient (Wildman–Crippen LogP) is 2.92. The van der Waals surface area contributed by atoms with Gasteiger partial charge in [0.1, 0.15) is 0 Å². The molecule has 1 aliphatic rings. The predicted molar refractivity (Wildman–Crippen MR) is 65.1 cm³/mol. The summed E-state index contributed by atoms with van der Waals surface area (Å²) in [4.78, 5) is 2.41. The van der Waals surface area contributed by atoms with E-state index in [4.69, 9.17) is 4.74 Å². The maximum atomic E-state index is 5.50. The zero-order chi connectivity index (χ0) is 11.7. The average molecular weight is 213 g/mol. The highest BCUT2D eigenvalue weighted by Gasteiger charge is 2.43. The molecule has 2 heteroatoms. The molecule has 0 bridgehead atoms. The lowest BCUT2D eigenvalue weighted by molar-refractivity contribution is 0.0594. The molecule has 0 N–H and O–H groups in total. The minimum Gasteiger partial charge on any atom is -0.381 e. The number of nitrogens with zero attached hydrogens (tertiary/aromatic N) is 1. The van der Waals surface area contributed by atoms with Crippen LogP contribution in [0.3, 0.4) is 0 Å². The van der Waals surface area contributed by atoms with Crippen molar-refractivity contribution in [3.05, 3.63) is 0 Å². The second kappa shape index (κ2) is 4.42. The highest BCUT2D eigenvalue weighted by Crippen LogP contribution is 2.43. The molecule has 0 aromatic heterocycles. The summed E-state index contributed by atoms with van der Waals surface area (Å²) in [6, 6.07) is 0. The SMILES string of the molecule is COC1CCC(CC(C)(C)C)(N(C)C)C1. The molecule has 0 amide bonds. The summed E-state index contributed by atoms with van der Waals surface area (Å²) in [6.07, 6.45) is 5.40. The van der Waals surface area contributed by atoms with Crippen molar-refractivity contribution in [3.8, 4) is 0 Å². The first-order chi connectivity index (χ1) is 6.79. The molecule has 1 aliphatic carbocycles. The lowest BCUT2D eigenvalue weighted by atomic mass is 9.78. The van der Waals surface area contributed by atoms with Gasteiger partial charge in [0.15, 0.2) is 0 Å². The second-order valence-corrected chi connectivity index (χ2v) is 6.46. The molecule has 0 aromatic rings. The molecule has 0 radical (unpaired) electrons. The van der Waals surface area contributed by atoms with Crippen molar-refractivity contribution in [2.24, 2.45) is 5.41 Å². The van der Waals surface area contributed by atoms with E-state index in [9.17, 15) is 0 Å². The number of hydrogen-bond donors (Lipinski definition) is 0. The molecular formula is C13H27NO. The summed E-state index contributed by atoms with van der Waals surface area (Å²) in [6.45, 7) is 7.00. The van der Waals surface area contributed by atoms with Gasteiger partial charge in [0.2, 0.25) is 0 Å². The van der Waals surface area contributed by atoms with Crippen LogP contribution in [0.2, 0.25) is 0 Å². The van der Waals surface area contributed by atoms with Crippen LogP contribution in [0.5, 0.6) is 0 Å². The van der Waals surface area contributed by atoms with Crippen LogP contribution in [0, 0.1) is 5.41 Å². The maximum absolute atomic E-state index is 5.50. The zero-order valence-corrected chi connectivity index (χ0v) is 11.3. The fourth-order valence-corrected chi connectivity index (χ4v) is 2.97. The molecule has 0 aromatic carbocycles. The van der Waals surface area contributed by atoms with E-state index in [-0.39, 0.29) is 0 Å². The van der Waals surface area contributed by atoms with E-state index in [0.29, 0.717) is 17.1 Å². The van der Waals surface area contributed by atoms with Gasteiger partial charge in [-0.2, -0.15) is 0 Å². The topological polar surface area (TPSA) is 12.5 Å². The minimum absolute atomic E-state index is 0.360. The smallest absolute Gasteiger partial charge is 0.0589 e. The largest absolute Gasteiger partial charge is 0.381 e. The number of rotatable bonds is 3. The summed E-state index contributed by atoms with van der Waals surface area (Å²) in [5.74, 6) is 0. The van der Waals surface area contributed by atoms with Gasteiger partial charge < -0.3 is 9.64 Å². The Morgan fingerprint density at radius 2 is 1.93 bits per heavy atom. The molecule has 0 saturated heterocycles. The number of hydrogen-bond acceptors (Lipinski definition) is 2. The molecule has 15 heavy (non-hydrogen) atoms. The standard InChI is InChI=1S/C13H27NO/c1-12(2,3)10-13(14(4)5)8-7-11(9-13)15-6/h11H,7-10H2,1-6H3. The third kappa shape index (κ3) is 3.18. The lowest BCUT2D eigenvalue weighted by Crippen LogP contribution is -2.45. The van der Waals surface area contributed by atoms with E-state index in [1.165, 1.54) is 25.7 Å². The van der Waals surface area contributed by atoms with Gasteiger partial charge in [-0.3, -0.25) is 0 Å². The first-order valence-corrected chi connectivity index (χ1v) is 5.99. The van der Waals surface area contributed by atoms with Gasteiger partial charge in [-0.25, -0.2) is 0 Å². The van der Waals surface area contributed by atoms with Crippen molar-refractivity contribution in [1.29, 1.82) is 0 Å². The van der Waals surface area contributed by atoms with Crippen LogP contribution in [0.4, 0.5) is 0 Å². The van der Waals surface area contributed by atoms with Crippen molar-refractivity contribution in [1.82, 2.24) is 4.90 Å². The molecule has 0 spiro atoms. The van der Waals surface area contributed by atoms with Gasteiger partial charge in [0, 0.05) is 12.6 Å². The first kappa shape index (κ1) is 13.0. The fourth-order valence-electron chi connectivity index (χ4n) is 2.97. The van der Waals surface area contributed by atoms with Gasteiger partial charge in [-0.1, -0.05) is 20.8 Å². The molecule has 1 fully saturated rings. The van der Waals surface area contributed by atoms with Crippen LogP contribution in [0.1, 0.15) is 46.5 Å². The highest BCUT2D eigenvalue weighted by molar-refractivity contribution is 4.99. The Labute approximate surface area is 95.0 Å². The average Bonchev–Trinajstić information content (AvgIpc) is 2.46. The van der Waals surface area contributed by atoms with Crippen LogP contribution in [0.15, 0.2) is 0 Å². The van der Waals surface area contributed by atoms with Crippen LogP contribution >= 0.6 is 0 Å². The Balaban J connectivity index is 2.73. The van der Waals surface area contributed by atoms with E-state index < -0.39 is 0 Å². The van der Waals surface area contributed by atoms with E-state index in [1.54, 1.807) is 0 Å². The van der Waals surface area contributed by atoms with Crippen LogP contribution in [-0.2, 0) is 4.74 Å². The van der Waals surface area contributed by atoms with Gasteiger partial charge >= 0.3 is 0 Å². The second-order valence-electron chi connectivity index (χ2n) is 6.46. The maximum Gasteiger partial charge on any atom is 0.0589 e. The van der Waals surface area contributed by atoms with Gasteiger partial charge in [-0.15, -0.1) is 0 Å². The molecule has 0 aliphatic heterocycles. The molecule has 0 heterocycles. The summed E-state index contributed by atoms with van der Waals surface area (Å²) < 4.78 is 5.50. The van der Waals surface area contributed by atoms with E-state index in [2.05, 4.69) is 39.8 Å². The number of ether oxygens (including phenoxy) is 1. The Morgan fingerprint density at radius 1 is 1.33 bits per heavy atom. The van der Waals surface area contributed by atoms with Crippen LogP contribution < -0.4 is 0 Å². The molecular weight excluding hydrogens is 186 g/mol. The van der Waals surface area contributed by atoms with E-state index in [0.717, 1.165) is 0 Å². The Hall–Kier alpha value is -0.0800. The summed E-state index contributed by atoms with van der Waals surface area (Å²) in [5.41, 5.74) is 0.756. The van der Waals surface area contributed by atoms with Crippen molar-refractivity contribution in [2.75, 3.05) is 21.2 Å². The third-order valence-electron chi connectivity index (χ3n) is 3.68. The molecule has 2 nitrogen and oxygen atoms in total. The van der Waals surface area contributed by atoms with Crippen molar-refractivity contribution < 1.29 is 4.74 Å². The molecule has 1 saturated carbocycles. The highest BCUT2D eigenvalue weighted by atomic mass is 16.5. The van der Waals surface area contributed by atoms with Gasteiger partial charge in [-0.05, 0) is 45.2 Å². The van der Waals surface area contributed by atoms with E-state index in [1.807, 2.05) is 7.11 Å². The minimum atomic E-state index is 0.360. The molecule has 90 valence electrons. The van der Waals surface area contributed by atoms with Crippen LogP contribution in [-0.4, -0.2) is 37.7 Å². The molecule has 1 rings (SSSR count). The number of methoxy groups -OCH3 is 1. The van der Waals surface area contributed by atoms with Crippen molar-refractivity contribution in [3.63, 3.8) is 0 Å². The monoisotopic (exact) mass is 213 g/mol. The Bertz CT molecular complexity index is 207. The summed E-state index contributed by atoms with van der Waals surface area (Å²) in [7, 11) is 6.26. The fraction of sp³-hybridized carbons (Fsp3) is 1.00.